The molecule has 6 nitrogen and oxygen atoms in total. The lowest BCUT2D eigenvalue weighted by molar-refractivity contribution is -0.116. The van der Waals surface area contributed by atoms with E-state index in [0.29, 0.717) is 35.1 Å². The fourth-order valence-corrected chi connectivity index (χ4v) is 3.21. The van der Waals surface area contributed by atoms with Crippen LogP contribution in [0.4, 0.5) is 5.13 Å². The van der Waals surface area contributed by atoms with E-state index in [4.69, 9.17) is 9.15 Å². The number of hydrogen-bond donors (Lipinski definition) is 1. The number of anilines is 1. The van der Waals surface area contributed by atoms with Crippen molar-refractivity contribution >= 4 is 33.3 Å². The highest BCUT2D eigenvalue weighted by molar-refractivity contribution is 7.13. The fourth-order valence-electron chi connectivity index (χ4n) is 2.67. The third-order valence-corrected chi connectivity index (χ3v) is 4.71. The van der Waals surface area contributed by atoms with Crippen molar-refractivity contribution < 1.29 is 13.9 Å². The Morgan fingerprint density at radius 3 is 2.93 bits per heavy atom. The molecule has 2 heterocycles. The third-order valence-electron chi connectivity index (χ3n) is 4.02. The second kappa shape index (κ2) is 8.18. The Kier molecular flexibility index (Phi) is 5.71. The van der Waals surface area contributed by atoms with Gasteiger partial charge >= 0.3 is 5.63 Å². The van der Waals surface area contributed by atoms with Crippen molar-refractivity contribution in [2.45, 2.75) is 26.7 Å². The number of aromatic nitrogens is 1. The van der Waals surface area contributed by atoms with Crippen LogP contribution in [-0.4, -0.2) is 17.5 Å². The van der Waals surface area contributed by atoms with E-state index >= 15 is 0 Å². The minimum Gasteiger partial charge on any atom is -0.489 e. The number of carbonyl (C=O) groups is 1. The number of thiazole rings is 1. The Balaban J connectivity index is 1.77. The van der Waals surface area contributed by atoms with E-state index in [1.807, 2.05) is 26.0 Å². The van der Waals surface area contributed by atoms with Gasteiger partial charge in [-0.25, -0.2) is 9.78 Å². The summed E-state index contributed by atoms with van der Waals surface area (Å²) in [6.45, 7) is 7.94. The highest BCUT2D eigenvalue weighted by Crippen LogP contribution is 2.25. The normalized spacial score (nSPS) is 10.7. The Bertz CT molecular complexity index is 1040. The quantitative estimate of drug-likeness (QED) is 0.490. The highest BCUT2D eigenvalue weighted by atomic mass is 32.1. The maximum atomic E-state index is 12.4. The van der Waals surface area contributed by atoms with Gasteiger partial charge in [0.2, 0.25) is 5.91 Å². The van der Waals surface area contributed by atoms with Gasteiger partial charge in [0.15, 0.2) is 5.13 Å². The lowest BCUT2D eigenvalue weighted by Crippen LogP contribution is -2.16. The SMILES string of the molecule is C=C(C)COc1ccc2c(C)c(CCC(=O)Nc3nccs3)c(=O)oc2c1. The van der Waals surface area contributed by atoms with Gasteiger partial charge in [0.25, 0.3) is 0 Å². The van der Waals surface area contributed by atoms with E-state index < -0.39 is 5.63 Å². The Labute approximate surface area is 160 Å². The van der Waals surface area contributed by atoms with Crippen molar-refractivity contribution in [3.8, 4) is 5.75 Å². The Morgan fingerprint density at radius 2 is 2.22 bits per heavy atom. The lowest BCUT2D eigenvalue weighted by Gasteiger charge is -2.10. The molecule has 2 aromatic heterocycles. The van der Waals surface area contributed by atoms with Crippen LogP contribution in [0.3, 0.4) is 0 Å². The molecular weight excluding hydrogens is 364 g/mol. The molecule has 140 valence electrons. The second-order valence-electron chi connectivity index (χ2n) is 6.28. The lowest BCUT2D eigenvalue weighted by atomic mass is 10.0. The number of nitrogens with one attached hydrogen (secondary N) is 1. The first-order chi connectivity index (χ1) is 12.9. The molecule has 0 saturated carbocycles. The van der Waals surface area contributed by atoms with E-state index in [1.54, 1.807) is 17.6 Å². The van der Waals surface area contributed by atoms with Crippen molar-refractivity contribution in [2.75, 3.05) is 11.9 Å². The highest BCUT2D eigenvalue weighted by Gasteiger charge is 2.14. The average Bonchev–Trinajstić information content (AvgIpc) is 3.12. The predicted molar refractivity (Wildman–Crippen MR) is 107 cm³/mol. The number of nitrogens with zero attached hydrogens (tertiary/aromatic N) is 1. The van der Waals surface area contributed by atoms with Crippen molar-refractivity contribution in [2.24, 2.45) is 0 Å². The molecule has 0 bridgehead atoms. The Morgan fingerprint density at radius 1 is 1.41 bits per heavy atom. The van der Waals surface area contributed by atoms with Gasteiger partial charge in [0.05, 0.1) is 0 Å². The summed E-state index contributed by atoms with van der Waals surface area (Å²) >= 11 is 1.35. The molecule has 7 heteroatoms. The number of amides is 1. The largest absolute Gasteiger partial charge is 0.489 e. The third kappa shape index (κ3) is 4.62. The van der Waals surface area contributed by atoms with Gasteiger partial charge in [-0.15, -0.1) is 11.3 Å². The van der Waals surface area contributed by atoms with Crippen molar-refractivity contribution in [1.29, 1.82) is 0 Å². The topological polar surface area (TPSA) is 81.4 Å². The minimum absolute atomic E-state index is 0.177. The summed E-state index contributed by atoms with van der Waals surface area (Å²) in [5.74, 6) is 0.427. The summed E-state index contributed by atoms with van der Waals surface area (Å²) < 4.78 is 11.1. The van der Waals surface area contributed by atoms with Gasteiger partial charge in [0, 0.05) is 35.0 Å². The summed E-state index contributed by atoms with van der Waals surface area (Å²) in [6.07, 6.45) is 2.10. The second-order valence-corrected chi connectivity index (χ2v) is 7.18. The molecule has 1 aromatic carbocycles. The van der Waals surface area contributed by atoms with Crippen LogP contribution in [-0.2, 0) is 11.2 Å². The monoisotopic (exact) mass is 384 g/mol. The molecule has 0 unspecified atom stereocenters. The van der Waals surface area contributed by atoms with Crippen LogP contribution in [0.25, 0.3) is 11.0 Å². The van der Waals surface area contributed by atoms with E-state index in [-0.39, 0.29) is 12.3 Å². The smallest absolute Gasteiger partial charge is 0.339 e. The number of hydrogen-bond acceptors (Lipinski definition) is 6. The van der Waals surface area contributed by atoms with Crippen molar-refractivity contribution in [3.63, 3.8) is 0 Å². The molecule has 3 aromatic rings. The molecular formula is C20H20N2O4S. The van der Waals surface area contributed by atoms with Gasteiger partial charge in [-0.2, -0.15) is 0 Å². The average molecular weight is 384 g/mol. The van der Waals surface area contributed by atoms with Crippen LogP contribution in [0.2, 0.25) is 0 Å². The molecule has 0 aliphatic carbocycles. The van der Waals surface area contributed by atoms with E-state index in [0.717, 1.165) is 16.5 Å². The molecule has 0 aliphatic heterocycles. The minimum atomic E-state index is -0.431. The molecule has 0 fully saturated rings. The van der Waals surface area contributed by atoms with E-state index in [2.05, 4.69) is 16.9 Å². The predicted octanol–water partition coefficient (Wildman–Crippen LogP) is 4.08. The number of benzene rings is 1. The number of carbonyl (C=O) groups excluding carboxylic acids is 1. The standard InChI is InChI=1S/C20H20N2O4S/c1-12(2)11-25-14-4-5-15-13(3)16(19(24)26-17(15)10-14)6-7-18(23)22-20-21-8-9-27-20/h4-5,8-10H,1,6-7,11H2,2-3H3,(H,21,22,23). The summed E-state index contributed by atoms with van der Waals surface area (Å²) in [6, 6.07) is 5.39. The number of aryl methyl sites for hydroxylation is 1. The van der Waals surface area contributed by atoms with Crippen LogP contribution in [0.15, 0.2) is 51.1 Å². The maximum Gasteiger partial charge on any atom is 0.339 e. The summed E-state index contributed by atoms with van der Waals surface area (Å²) in [5, 5.41) is 5.87. The zero-order chi connectivity index (χ0) is 19.4. The number of rotatable bonds is 7. The van der Waals surface area contributed by atoms with Gasteiger partial charge in [0.1, 0.15) is 17.9 Å². The van der Waals surface area contributed by atoms with Crippen LogP contribution in [0.5, 0.6) is 5.75 Å². The maximum absolute atomic E-state index is 12.4. The van der Waals surface area contributed by atoms with Gasteiger partial charge in [-0.1, -0.05) is 6.58 Å². The van der Waals surface area contributed by atoms with Crippen LogP contribution in [0, 0.1) is 6.92 Å². The molecule has 1 amide bonds. The first kappa shape index (κ1) is 18.8. The van der Waals surface area contributed by atoms with E-state index in [9.17, 15) is 9.59 Å². The van der Waals surface area contributed by atoms with Gasteiger partial charge in [-0.3, -0.25) is 4.79 Å². The first-order valence-electron chi connectivity index (χ1n) is 8.47. The van der Waals surface area contributed by atoms with Gasteiger partial charge < -0.3 is 14.5 Å². The molecule has 0 saturated heterocycles. The van der Waals surface area contributed by atoms with Crippen LogP contribution in [0.1, 0.15) is 24.5 Å². The number of ether oxygens (including phenoxy) is 1. The zero-order valence-electron chi connectivity index (χ0n) is 15.2. The van der Waals surface area contributed by atoms with Crippen molar-refractivity contribution in [1.82, 2.24) is 4.98 Å². The summed E-state index contributed by atoms with van der Waals surface area (Å²) in [4.78, 5) is 28.4. The molecule has 1 N–H and O–H groups in total. The molecule has 0 radical (unpaired) electrons. The zero-order valence-corrected chi connectivity index (χ0v) is 16.0. The first-order valence-corrected chi connectivity index (χ1v) is 9.35. The Hall–Kier alpha value is -2.93. The molecule has 3 rings (SSSR count). The van der Waals surface area contributed by atoms with Gasteiger partial charge in [-0.05, 0) is 43.5 Å². The van der Waals surface area contributed by atoms with E-state index in [1.165, 1.54) is 11.3 Å². The van der Waals surface area contributed by atoms with Crippen LogP contribution < -0.4 is 15.7 Å². The van der Waals surface area contributed by atoms with Crippen LogP contribution >= 0.6 is 11.3 Å². The summed E-state index contributed by atoms with van der Waals surface area (Å²) in [5.41, 5.74) is 2.26. The molecule has 0 aliphatic rings. The molecule has 27 heavy (non-hydrogen) atoms. The van der Waals surface area contributed by atoms with Crippen molar-refractivity contribution in [3.05, 3.63) is 63.5 Å². The fraction of sp³-hybridized carbons (Fsp3) is 0.250. The molecule has 0 atom stereocenters. The summed E-state index contributed by atoms with van der Waals surface area (Å²) in [7, 11) is 0. The molecule has 0 spiro atoms. The number of fused-ring (bicyclic) bond motifs is 1.